The number of nitriles is 1. The second kappa shape index (κ2) is 15.1. The van der Waals surface area contributed by atoms with Crippen molar-refractivity contribution in [2.75, 3.05) is 6.54 Å². The van der Waals surface area contributed by atoms with Crippen molar-refractivity contribution in [3.63, 3.8) is 0 Å². The van der Waals surface area contributed by atoms with E-state index >= 15 is 0 Å². The predicted octanol–water partition coefficient (Wildman–Crippen LogP) is 8.05. The van der Waals surface area contributed by atoms with Crippen LogP contribution in [0.3, 0.4) is 0 Å². The van der Waals surface area contributed by atoms with E-state index in [1.165, 1.54) is 12.1 Å². The van der Waals surface area contributed by atoms with Gasteiger partial charge < -0.3 is 15.1 Å². The van der Waals surface area contributed by atoms with E-state index in [2.05, 4.69) is 16.7 Å². The monoisotopic (exact) mass is 738 g/mol. The quantitative estimate of drug-likeness (QED) is 0.151. The van der Waals surface area contributed by atoms with Crippen LogP contribution in [0.4, 0.5) is 13.2 Å². The van der Waals surface area contributed by atoms with Gasteiger partial charge in [-0.05, 0) is 86.0 Å². The van der Waals surface area contributed by atoms with Crippen molar-refractivity contribution >= 4 is 34.9 Å². The molecule has 0 radical (unpaired) electrons. The van der Waals surface area contributed by atoms with Gasteiger partial charge in [0.25, 0.3) is 17.7 Å². The Morgan fingerprint density at radius 2 is 1.58 bits per heavy atom. The summed E-state index contributed by atoms with van der Waals surface area (Å²) in [6.07, 6.45) is 1.30. The summed E-state index contributed by atoms with van der Waals surface area (Å²) in [5, 5.41) is 15.8. The maximum absolute atomic E-state index is 14.0. The number of carbonyl (C=O) groups excluding carboxylic acids is 3. The van der Waals surface area contributed by atoms with Gasteiger partial charge in [-0.1, -0.05) is 60.2 Å². The third-order valence-electron chi connectivity index (χ3n) is 9.20. The summed E-state index contributed by atoms with van der Waals surface area (Å²) in [5.74, 6) is -0.397. The number of hydrogen-bond acceptors (Lipinski definition) is 6. The number of halogens is 4. The predicted molar refractivity (Wildman–Crippen MR) is 193 cm³/mol. The van der Waals surface area contributed by atoms with Crippen molar-refractivity contribution in [1.82, 2.24) is 15.5 Å². The van der Waals surface area contributed by atoms with Crippen LogP contribution in [0.1, 0.15) is 74.8 Å². The minimum Gasteiger partial charge on any atom is -0.460 e. The van der Waals surface area contributed by atoms with Crippen LogP contribution in [-0.2, 0) is 29.5 Å². The molecule has 1 aromatic heterocycles. The summed E-state index contributed by atoms with van der Waals surface area (Å²) in [6.45, 7) is 3.88. The molecule has 0 saturated carbocycles. The highest BCUT2D eigenvalue weighted by molar-refractivity contribution is 6.32. The molecule has 0 bridgehead atoms. The third kappa shape index (κ3) is 8.35. The molecule has 1 aliphatic carbocycles. The van der Waals surface area contributed by atoms with Crippen molar-refractivity contribution in [3.8, 4) is 6.07 Å². The van der Waals surface area contributed by atoms with Crippen molar-refractivity contribution in [2.45, 2.75) is 51.0 Å². The molecule has 1 aliphatic heterocycles. The Morgan fingerprint density at radius 1 is 0.943 bits per heavy atom. The number of amides is 3. The molecule has 0 fully saturated rings. The minimum atomic E-state index is -4.42. The van der Waals surface area contributed by atoms with Crippen LogP contribution in [0.2, 0.25) is 0 Å². The van der Waals surface area contributed by atoms with E-state index in [1.807, 2.05) is 13.8 Å². The smallest absolute Gasteiger partial charge is 0.416 e. The molecule has 4 aromatic rings. The maximum Gasteiger partial charge on any atom is 0.416 e. The summed E-state index contributed by atoms with van der Waals surface area (Å²) in [6, 6.07) is 23.3. The molecular weight excluding hydrogens is 705 g/mol. The van der Waals surface area contributed by atoms with E-state index in [-0.39, 0.29) is 36.5 Å². The number of hydrogen-bond donors (Lipinski definition) is 2. The van der Waals surface area contributed by atoms with Gasteiger partial charge in [0, 0.05) is 29.1 Å². The molecule has 270 valence electrons. The first kappa shape index (κ1) is 37.1. The fourth-order valence-corrected chi connectivity index (χ4v) is 6.42. The van der Waals surface area contributed by atoms with Gasteiger partial charge in [-0.15, -0.1) is 0 Å². The lowest BCUT2D eigenvalue weighted by Crippen LogP contribution is -2.47. The highest BCUT2D eigenvalue weighted by atomic mass is 35.5. The molecule has 2 N–H and O–H groups in total. The summed E-state index contributed by atoms with van der Waals surface area (Å²) >= 11 is 6.66. The molecule has 6 rings (SSSR count). The molecule has 53 heavy (non-hydrogen) atoms. The molecule has 1 atom stereocenters. The first-order valence-electron chi connectivity index (χ1n) is 16.8. The topological polar surface area (TPSA) is 115 Å². The van der Waals surface area contributed by atoms with Crippen molar-refractivity contribution in [3.05, 3.63) is 159 Å². The van der Waals surface area contributed by atoms with Gasteiger partial charge in [-0.25, -0.2) is 0 Å². The van der Waals surface area contributed by atoms with Gasteiger partial charge >= 0.3 is 6.18 Å². The van der Waals surface area contributed by atoms with Crippen LogP contribution in [0.25, 0.3) is 5.57 Å². The normalized spacial score (nSPS) is 15.2. The Labute approximate surface area is 309 Å². The van der Waals surface area contributed by atoms with E-state index in [9.17, 15) is 32.8 Å². The third-order valence-corrected chi connectivity index (χ3v) is 9.56. The molecule has 2 aliphatic rings. The van der Waals surface area contributed by atoms with Crippen molar-refractivity contribution < 1.29 is 32.0 Å². The second-order valence-corrected chi connectivity index (χ2v) is 13.8. The average Bonchev–Trinajstić information content (AvgIpc) is 3.64. The van der Waals surface area contributed by atoms with E-state index in [0.29, 0.717) is 39.3 Å². The average molecular weight is 739 g/mol. The lowest BCUT2D eigenvalue weighted by atomic mass is 9.93. The molecule has 8 nitrogen and oxygen atoms in total. The van der Waals surface area contributed by atoms with Gasteiger partial charge in [0.2, 0.25) is 0 Å². The molecule has 3 aromatic carbocycles. The largest absolute Gasteiger partial charge is 0.460 e. The molecule has 0 saturated heterocycles. The summed E-state index contributed by atoms with van der Waals surface area (Å²) in [4.78, 5) is 41.6. The number of rotatable bonds is 11. The van der Waals surface area contributed by atoms with Crippen LogP contribution >= 0.6 is 11.6 Å². The van der Waals surface area contributed by atoms with Gasteiger partial charge in [0.05, 0.1) is 46.5 Å². The van der Waals surface area contributed by atoms with Crippen LogP contribution in [0.5, 0.6) is 0 Å². The number of nitrogens with one attached hydrogen (secondary N) is 2. The molecule has 2 heterocycles. The first-order valence-corrected chi connectivity index (χ1v) is 17.1. The van der Waals surface area contributed by atoms with E-state index in [1.54, 1.807) is 78.9 Å². The Morgan fingerprint density at radius 3 is 2.21 bits per heavy atom. The minimum absolute atomic E-state index is 0.102. The number of allylic oxidation sites excluding steroid dienone is 4. The Hall–Kier alpha value is -5.70. The van der Waals surface area contributed by atoms with E-state index in [0.717, 1.165) is 22.6 Å². The van der Waals surface area contributed by atoms with Crippen LogP contribution in [0, 0.1) is 11.3 Å². The Kier molecular flexibility index (Phi) is 10.6. The Bertz CT molecular complexity index is 2160. The Balaban J connectivity index is 1.18. The number of nitrogens with zero attached hydrogens (tertiary/aromatic N) is 2. The summed E-state index contributed by atoms with van der Waals surface area (Å²) in [5.41, 5.74) is 1.86. The molecule has 3 amide bonds. The highest BCUT2D eigenvalue weighted by Crippen LogP contribution is 2.32. The summed E-state index contributed by atoms with van der Waals surface area (Å²) < 4.78 is 45.3. The zero-order valence-corrected chi connectivity index (χ0v) is 29.5. The lowest BCUT2D eigenvalue weighted by molar-refractivity contribution is -0.137. The SMILES string of the molecule is CC(C)(NCc1ccc(C2=CC(C(=O)N[C@H](Cc3ccc(C#N)cc3)CN3C(=O)c4ccccc4C3=O)=C(Cl)CC=C2)o1)c1ccc(C(F)(F)F)cc1. The van der Waals surface area contributed by atoms with Gasteiger partial charge in [-0.2, -0.15) is 18.4 Å². The van der Waals surface area contributed by atoms with Crippen LogP contribution in [0.15, 0.2) is 118 Å². The first-order chi connectivity index (χ1) is 25.2. The van der Waals surface area contributed by atoms with E-state index in [4.69, 9.17) is 16.0 Å². The zero-order chi connectivity index (χ0) is 37.9. The molecule has 0 unspecified atom stereocenters. The van der Waals surface area contributed by atoms with Crippen LogP contribution < -0.4 is 10.6 Å². The number of imide groups is 1. The van der Waals surface area contributed by atoms with Gasteiger partial charge in [-0.3, -0.25) is 19.3 Å². The molecular formula is C41H34ClF3N4O4. The number of benzene rings is 3. The van der Waals surface area contributed by atoms with Crippen molar-refractivity contribution in [1.29, 1.82) is 5.26 Å². The van der Waals surface area contributed by atoms with E-state index < -0.39 is 41.0 Å². The molecule has 0 spiro atoms. The van der Waals surface area contributed by atoms with Crippen LogP contribution in [-0.4, -0.2) is 35.2 Å². The fraction of sp³-hybridized carbons (Fsp3) is 0.220. The lowest BCUT2D eigenvalue weighted by Gasteiger charge is -2.27. The number of alkyl halides is 3. The maximum atomic E-state index is 14.0. The summed E-state index contributed by atoms with van der Waals surface area (Å²) in [7, 11) is 0. The van der Waals surface area contributed by atoms with Crippen molar-refractivity contribution in [2.24, 2.45) is 0 Å². The highest BCUT2D eigenvalue weighted by Gasteiger charge is 2.37. The van der Waals surface area contributed by atoms with Gasteiger partial charge in [0.15, 0.2) is 0 Å². The second-order valence-electron chi connectivity index (χ2n) is 13.3. The standard InChI is InChI=1S/C41H34ClF3N4O4/c1-40(2,28-14-16-29(17-15-28)41(43,44)45)47-23-31-18-19-36(53-31)27-6-5-9-35(42)34(21-27)37(50)48-30(20-25-10-12-26(22-46)13-11-25)24-49-38(51)32-7-3-4-8-33(32)39(49)52/h3-8,10-19,21,30,47H,9,20,23-24H2,1-2H3,(H,48,50)/t30-/m1/s1. The zero-order valence-electron chi connectivity index (χ0n) is 28.8. The number of carbonyl (C=O) groups is 3. The fourth-order valence-electron chi connectivity index (χ4n) is 6.19. The number of furan rings is 1. The number of fused-ring (bicyclic) bond motifs is 1. The van der Waals surface area contributed by atoms with Gasteiger partial charge in [0.1, 0.15) is 11.5 Å². The molecule has 12 heteroatoms.